The lowest BCUT2D eigenvalue weighted by Crippen LogP contribution is -2.39. The van der Waals surface area contributed by atoms with Crippen LogP contribution in [0.15, 0.2) is 0 Å². The molecular formula is C11H24N2O2S. The molecule has 0 aromatic heterocycles. The minimum atomic E-state index is -2.86. The van der Waals surface area contributed by atoms with Crippen LogP contribution in [-0.4, -0.2) is 57.0 Å². The molecule has 1 aliphatic heterocycles. The highest BCUT2D eigenvalue weighted by Crippen LogP contribution is 2.14. The third-order valence-electron chi connectivity index (χ3n) is 3.14. The van der Waals surface area contributed by atoms with Gasteiger partial charge in [-0.1, -0.05) is 0 Å². The standard InChI is InChI=1S/C11H24N2O2S/c1-10(9-16(3,14)15)12-6-8-13-7-4-5-11(13)2/h10-12H,4-9H2,1-3H3. The van der Waals surface area contributed by atoms with E-state index in [2.05, 4.69) is 17.1 Å². The number of hydrogen-bond acceptors (Lipinski definition) is 4. The molecule has 0 aliphatic carbocycles. The summed E-state index contributed by atoms with van der Waals surface area (Å²) in [5, 5.41) is 3.27. The Bertz CT molecular complexity index is 303. The summed E-state index contributed by atoms with van der Waals surface area (Å²) in [6, 6.07) is 0.736. The molecule has 5 heteroatoms. The first-order valence-corrected chi connectivity index (χ1v) is 8.09. The monoisotopic (exact) mass is 248 g/mol. The molecule has 1 aliphatic rings. The fourth-order valence-electron chi connectivity index (χ4n) is 2.29. The van der Waals surface area contributed by atoms with E-state index >= 15 is 0 Å². The molecule has 96 valence electrons. The van der Waals surface area contributed by atoms with Gasteiger partial charge in [0.25, 0.3) is 0 Å². The topological polar surface area (TPSA) is 49.4 Å². The Balaban J connectivity index is 2.15. The average Bonchev–Trinajstić information content (AvgIpc) is 2.48. The Kier molecular flexibility index (Phi) is 5.21. The molecule has 0 radical (unpaired) electrons. The van der Waals surface area contributed by atoms with Crippen LogP contribution in [0, 0.1) is 0 Å². The Morgan fingerprint density at radius 2 is 2.19 bits per heavy atom. The van der Waals surface area contributed by atoms with E-state index in [1.54, 1.807) is 0 Å². The molecule has 0 aromatic rings. The van der Waals surface area contributed by atoms with E-state index in [0.717, 1.165) is 13.1 Å². The van der Waals surface area contributed by atoms with Crippen molar-refractivity contribution in [2.75, 3.05) is 31.6 Å². The Hall–Kier alpha value is -0.130. The molecule has 4 nitrogen and oxygen atoms in total. The van der Waals surface area contributed by atoms with Crippen LogP contribution in [0.3, 0.4) is 0 Å². The van der Waals surface area contributed by atoms with E-state index in [0.29, 0.717) is 6.04 Å². The van der Waals surface area contributed by atoms with E-state index < -0.39 is 9.84 Å². The maximum Gasteiger partial charge on any atom is 0.148 e. The molecule has 2 atom stereocenters. The van der Waals surface area contributed by atoms with E-state index in [-0.39, 0.29) is 11.8 Å². The van der Waals surface area contributed by atoms with Gasteiger partial charge >= 0.3 is 0 Å². The predicted molar refractivity (Wildman–Crippen MR) is 67.4 cm³/mol. The minimum Gasteiger partial charge on any atom is -0.312 e. The number of nitrogens with one attached hydrogen (secondary N) is 1. The van der Waals surface area contributed by atoms with Gasteiger partial charge in [0.05, 0.1) is 5.75 Å². The lowest BCUT2D eigenvalue weighted by Gasteiger charge is -2.22. The molecule has 0 bridgehead atoms. The molecule has 0 spiro atoms. The van der Waals surface area contributed by atoms with Crippen molar-refractivity contribution in [1.29, 1.82) is 0 Å². The van der Waals surface area contributed by atoms with Crippen molar-refractivity contribution in [3.63, 3.8) is 0 Å². The molecule has 1 fully saturated rings. The first-order valence-electron chi connectivity index (χ1n) is 6.03. The number of likely N-dealkylation sites (tertiary alicyclic amines) is 1. The van der Waals surface area contributed by atoms with Gasteiger partial charge in [-0.05, 0) is 33.2 Å². The molecule has 16 heavy (non-hydrogen) atoms. The SMILES string of the molecule is CC(CS(C)(=O)=O)NCCN1CCCC1C. The largest absolute Gasteiger partial charge is 0.312 e. The van der Waals surface area contributed by atoms with Crippen LogP contribution in [0.2, 0.25) is 0 Å². The van der Waals surface area contributed by atoms with Crippen LogP contribution in [-0.2, 0) is 9.84 Å². The zero-order chi connectivity index (χ0) is 12.2. The average molecular weight is 248 g/mol. The summed E-state index contributed by atoms with van der Waals surface area (Å²) in [6.45, 7) is 7.26. The van der Waals surface area contributed by atoms with E-state index in [4.69, 9.17) is 0 Å². The van der Waals surface area contributed by atoms with Crippen molar-refractivity contribution in [2.45, 2.75) is 38.8 Å². The summed E-state index contributed by atoms with van der Waals surface area (Å²) in [5.41, 5.74) is 0. The molecular weight excluding hydrogens is 224 g/mol. The van der Waals surface area contributed by atoms with Crippen molar-refractivity contribution in [3.8, 4) is 0 Å². The Labute approximate surface area is 99.3 Å². The normalized spacial score (nSPS) is 24.8. The van der Waals surface area contributed by atoms with Crippen LogP contribution in [0.25, 0.3) is 0 Å². The zero-order valence-corrected chi connectivity index (χ0v) is 11.4. The first kappa shape index (κ1) is 13.9. The van der Waals surface area contributed by atoms with Gasteiger partial charge in [0.15, 0.2) is 0 Å². The van der Waals surface area contributed by atoms with Crippen molar-refractivity contribution < 1.29 is 8.42 Å². The molecule has 2 unspecified atom stereocenters. The molecule has 1 heterocycles. The summed E-state index contributed by atoms with van der Waals surface area (Å²) in [5.74, 6) is 0.225. The van der Waals surface area contributed by atoms with Crippen molar-refractivity contribution in [3.05, 3.63) is 0 Å². The maximum absolute atomic E-state index is 11.1. The Morgan fingerprint density at radius 3 is 2.69 bits per heavy atom. The number of rotatable bonds is 6. The van der Waals surface area contributed by atoms with Crippen molar-refractivity contribution in [2.24, 2.45) is 0 Å². The van der Waals surface area contributed by atoms with Gasteiger partial charge in [-0.25, -0.2) is 8.42 Å². The number of nitrogens with zero attached hydrogens (tertiary/aromatic N) is 1. The van der Waals surface area contributed by atoms with Crippen LogP contribution in [0.5, 0.6) is 0 Å². The second kappa shape index (κ2) is 5.98. The quantitative estimate of drug-likeness (QED) is 0.743. The minimum absolute atomic E-state index is 0.0490. The summed E-state index contributed by atoms with van der Waals surface area (Å²) >= 11 is 0. The van der Waals surface area contributed by atoms with Gasteiger partial charge in [0.2, 0.25) is 0 Å². The summed E-state index contributed by atoms with van der Waals surface area (Å²) in [4.78, 5) is 2.46. The lowest BCUT2D eigenvalue weighted by atomic mass is 10.2. The highest BCUT2D eigenvalue weighted by atomic mass is 32.2. The van der Waals surface area contributed by atoms with E-state index in [1.165, 1.54) is 25.6 Å². The number of hydrogen-bond donors (Lipinski definition) is 1. The molecule has 1 saturated heterocycles. The van der Waals surface area contributed by atoms with Crippen LogP contribution in [0.4, 0.5) is 0 Å². The Morgan fingerprint density at radius 1 is 1.50 bits per heavy atom. The van der Waals surface area contributed by atoms with Crippen LogP contribution < -0.4 is 5.32 Å². The highest BCUT2D eigenvalue weighted by molar-refractivity contribution is 7.90. The summed E-state index contributed by atoms with van der Waals surface area (Å²) < 4.78 is 22.1. The lowest BCUT2D eigenvalue weighted by molar-refractivity contribution is 0.266. The fourth-order valence-corrected chi connectivity index (χ4v) is 3.32. The van der Waals surface area contributed by atoms with Gasteiger partial charge in [0, 0.05) is 31.4 Å². The zero-order valence-electron chi connectivity index (χ0n) is 10.6. The molecule has 0 amide bonds. The van der Waals surface area contributed by atoms with Gasteiger partial charge in [-0.3, -0.25) is 4.90 Å². The fraction of sp³-hybridized carbons (Fsp3) is 1.00. The molecule has 1 N–H and O–H groups in total. The van der Waals surface area contributed by atoms with Gasteiger partial charge < -0.3 is 5.32 Å². The van der Waals surface area contributed by atoms with Gasteiger partial charge in [-0.2, -0.15) is 0 Å². The molecule has 1 rings (SSSR count). The number of sulfone groups is 1. The summed E-state index contributed by atoms with van der Waals surface area (Å²) in [7, 11) is -2.86. The first-order chi connectivity index (χ1) is 7.38. The van der Waals surface area contributed by atoms with E-state index in [1.807, 2.05) is 6.92 Å². The van der Waals surface area contributed by atoms with E-state index in [9.17, 15) is 8.42 Å². The van der Waals surface area contributed by atoms with Crippen molar-refractivity contribution in [1.82, 2.24) is 10.2 Å². The second-order valence-electron chi connectivity index (χ2n) is 4.97. The smallest absolute Gasteiger partial charge is 0.148 e. The summed E-state index contributed by atoms with van der Waals surface area (Å²) in [6.07, 6.45) is 3.87. The third kappa shape index (κ3) is 5.27. The van der Waals surface area contributed by atoms with Crippen LogP contribution >= 0.6 is 0 Å². The van der Waals surface area contributed by atoms with Gasteiger partial charge in [-0.15, -0.1) is 0 Å². The predicted octanol–water partition coefficient (Wildman–Crippen LogP) is 0.493. The second-order valence-corrected chi connectivity index (χ2v) is 7.16. The van der Waals surface area contributed by atoms with Crippen LogP contribution in [0.1, 0.15) is 26.7 Å². The third-order valence-corrected chi connectivity index (χ3v) is 4.24. The molecule has 0 saturated carbocycles. The maximum atomic E-state index is 11.1. The molecule has 0 aromatic carbocycles. The highest BCUT2D eigenvalue weighted by Gasteiger charge is 2.19. The van der Waals surface area contributed by atoms with Crippen molar-refractivity contribution >= 4 is 9.84 Å². The van der Waals surface area contributed by atoms with Gasteiger partial charge in [0.1, 0.15) is 9.84 Å².